The summed E-state index contributed by atoms with van der Waals surface area (Å²) >= 11 is 0. The molecule has 3 amide bonds. The number of unbranched alkanes of at least 4 members (excludes halogenated alkanes) is 2. The summed E-state index contributed by atoms with van der Waals surface area (Å²) in [6.45, 7) is 6.16. The number of nitrogens with zero attached hydrogens (tertiary/aromatic N) is 1. The molecular formula is C37H47N3O9. The van der Waals surface area contributed by atoms with Crippen LogP contribution >= 0.6 is 0 Å². The maximum Gasteiger partial charge on any atom is 0.305 e. The molecule has 0 aliphatic carbocycles. The third-order valence-corrected chi connectivity index (χ3v) is 7.94. The van der Waals surface area contributed by atoms with E-state index in [1.54, 1.807) is 24.3 Å². The lowest BCUT2D eigenvalue weighted by molar-refractivity contribution is -0.200. The van der Waals surface area contributed by atoms with E-state index in [1.807, 2.05) is 44.2 Å². The Morgan fingerprint density at radius 2 is 1.71 bits per heavy atom. The summed E-state index contributed by atoms with van der Waals surface area (Å²) in [5.41, 5.74) is 1.73. The van der Waals surface area contributed by atoms with E-state index < -0.39 is 23.8 Å². The maximum atomic E-state index is 13.5. The van der Waals surface area contributed by atoms with E-state index in [-0.39, 0.29) is 43.6 Å². The first kappa shape index (κ1) is 38.5. The summed E-state index contributed by atoms with van der Waals surface area (Å²) < 4.78 is 16.1. The molecule has 12 nitrogen and oxygen atoms in total. The van der Waals surface area contributed by atoms with Gasteiger partial charge < -0.3 is 24.5 Å². The lowest BCUT2D eigenvalue weighted by Gasteiger charge is -2.32. The maximum absolute atomic E-state index is 13.5. The molecule has 1 heterocycles. The molecule has 0 fully saturated rings. The van der Waals surface area contributed by atoms with Crippen LogP contribution in [0.15, 0.2) is 65.1 Å². The molecule has 0 spiro atoms. The smallest absolute Gasteiger partial charge is 0.305 e. The Bertz CT molecular complexity index is 1520. The van der Waals surface area contributed by atoms with Crippen LogP contribution in [0, 0.1) is 5.92 Å². The molecule has 0 bridgehead atoms. The molecule has 0 radical (unpaired) electrons. The third kappa shape index (κ3) is 11.9. The first-order chi connectivity index (χ1) is 23.7. The van der Waals surface area contributed by atoms with Crippen LogP contribution in [0.4, 0.5) is 0 Å². The van der Waals surface area contributed by atoms with E-state index in [1.165, 1.54) is 18.2 Å². The van der Waals surface area contributed by atoms with Gasteiger partial charge in [-0.25, -0.2) is 5.06 Å². The highest BCUT2D eigenvalue weighted by atomic mass is 16.7. The van der Waals surface area contributed by atoms with E-state index in [2.05, 4.69) is 22.3 Å². The number of hydrogen-bond acceptors (Lipinski definition) is 9. The Balaban J connectivity index is 1.66. The van der Waals surface area contributed by atoms with Crippen molar-refractivity contribution in [1.29, 1.82) is 0 Å². The van der Waals surface area contributed by atoms with Crippen molar-refractivity contribution in [3.8, 4) is 17.1 Å². The van der Waals surface area contributed by atoms with Crippen molar-refractivity contribution >= 4 is 30.0 Å². The Morgan fingerprint density at radius 1 is 0.939 bits per heavy atom. The lowest BCUT2D eigenvalue weighted by Crippen LogP contribution is -2.48. The molecule has 3 rings (SSSR count). The van der Waals surface area contributed by atoms with Gasteiger partial charge in [0.25, 0.3) is 5.91 Å². The van der Waals surface area contributed by atoms with Gasteiger partial charge in [0.2, 0.25) is 12.3 Å². The van der Waals surface area contributed by atoms with Gasteiger partial charge in [0.05, 0.1) is 38.8 Å². The van der Waals surface area contributed by atoms with Crippen molar-refractivity contribution in [2.45, 2.75) is 78.4 Å². The Labute approximate surface area is 287 Å². The minimum Gasteiger partial charge on any atom is -0.494 e. The molecule has 12 heteroatoms. The zero-order chi connectivity index (χ0) is 35.6. The quantitative estimate of drug-likeness (QED) is 0.0333. The normalized spacial score (nSPS) is 12.0. The standard InChI is InChI=1S/C37H47N3O9/c1-5-8-10-15-30(31(6-2)40(25-41)48-23-26-13-11-9-12-14-26)36(44)38-24-39-37(45)34-18-17-33(49-34)28-20-27(21-29(22-28)47-7-3)32(42)16-19-35(43)46-4/h9,11-14,17-18,20-22,25,30-31H,5-8,10,15-16,19,23-24H2,1-4H3,(H,38,44)(H,39,45)/t30-,31-/m1/s1. The molecule has 0 saturated carbocycles. The first-order valence-corrected chi connectivity index (χ1v) is 16.7. The molecule has 2 N–H and O–H groups in total. The zero-order valence-electron chi connectivity index (χ0n) is 28.7. The van der Waals surface area contributed by atoms with Gasteiger partial charge in [0.15, 0.2) is 11.5 Å². The van der Waals surface area contributed by atoms with Gasteiger partial charge >= 0.3 is 5.97 Å². The number of furan rings is 1. The molecule has 2 aromatic carbocycles. The highest BCUT2D eigenvalue weighted by Gasteiger charge is 2.32. The summed E-state index contributed by atoms with van der Waals surface area (Å²) in [6.07, 6.45) is 4.24. The van der Waals surface area contributed by atoms with Crippen molar-refractivity contribution in [2.24, 2.45) is 5.92 Å². The van der Waals surface area contributed by atoms with Crippen molar-refractivity contribution in [2.75, 3.05) is 20.4 Å². The fraction of sp³-hybridized carbons (Fsp3) is 0.432. The molecule has 0 unspecified atom stereocenters. The number of ether oxygens (including phenoxy) is 2. The largest absolute Gasteiger partial charge is 0.494 e. The van der Waals surface area contributed by atoms with Gasteiger partial charge in [0, 0.05) is 17.5 Å². The van der Waals surface area contributed by atoms with Crippen LogP contribution in [0.2, 0.25) is 0 Å². The van der Waals surface area contributed by atoms with Gasteiger partial charge in [-0.05, 0) is 55.7 Å². The number of benzene rings is 2. The third-order valence-electron chi connectivity index (χ3n) is 7.94. The highest BCUT2D eigenvalue weighted by molar-refractivity contribution is 5.99. The van der Waals surface area contributed by atoms with Crippen molar-refractivity contribution < 1.29 is 42.7 Å². The van der Waals surface area contributed by atoms with E-state index in [0.29, 0.717) is 48.5 Å². The Morgan fingerprint density at radius 3 is 2.39 bits per heavy atom. The molecular weight excluding hydrogens is 630 g/mol. The van der Waals surface area contributed by atoms with Crippen molar-refractivity contribution in [3.05, 3.63) is 77.6 Å². The number of nitrogens with one attached hydrogen (secondary N) is 2. The number of Topliss-reactive ketones (excluding diaryl/α,β-unsaturated/α-hetero) is 1. The summed E-state index contributed by atoms with van der Waals surface area (Å²) in [5, 5.41) is 6.67. The van der Waals surface area contributed by atoms with Crippen molar-refractivity contribution in [3.63, 3.8) is 0 Å². The second kappa shape index (κ2) is 20.4. The van der Waals surface area contributed by atoms with Crippen LogP contribution in [0.25, 0.3) is 11.3 Å². The number of amides is 3. The minimum atomic E-state index is -0.563. The van der Waals surface area contributed by atoms with E-state index in [9.17, 15) is 24.0 Å². The summed E-state index contributed by atoms with van der Waals surface area (Å²) in [7, 11) is 1.26. The number of rotatable bonds is 22. The molecule has 0 aliphatic heterocycles. The fourth-order valence-corrected chi connectivity index (χ4v) is 5.34. The van der Waals surface area contributed by atoms with Crippen LogP contribution in [0.3, 0.4) is 0 Å². The SMILES string of the molecule is CCCCC[C@@H](C(=O)NCNC(=O)c1ccc(-c2cc(OCC)cc(C(=O)CCC(=O)OC)c2)o1)[C@@H](CC)N(C=O)OCc1ccccc1. The monoisotopic (exact) mass is 677 g/mol. The average molecular weight is 678 g/mol. The van der Waals surface area contributed by atoms with Crippen LogP contribution in [-0.4, -0.2) is 61.5 Å². The molecule has 0 aliphatic rings. The predicted octanol–water partition coefficient (Wildman–Crippen LogP) is 5.85. The minimum absolute atomic E-state index is 0.00278. The van der Waals surface area contributed by atoms with E-state index in [0.717, 1.165) is 24.8 Å². The fourth-order valence-electron chi connectivity index (χ4n) is 5.34. The summed E-state index contributed by atoms with van der Waals surface area (Å²) in [6, 6.07) is 16.9. The number of esters is 1. The van der Waals surface area contributed by atoms with Gasteiger partial charge in [-0.2, -0.15) is 0 Å². The topological polar surface area (TPSA) is 153 Å². The Hall–Kier alpha value is -4.97. The van der Waals surface area contributed by atoms with Gasteiger partial charge in [0.1, 0.15) is 18.1 Å². The van der Waals surface area contributed by atoms with E-state index in [4.69, 9.17) is 14.0 Å². The number of methoxy groups -OCH3 is 1. The van der Waals surface area contributed by atoms with Crippen LogP contribution in [0.1, 0.15) is 92.2 Å². The molecule has 3 aromatic rings. The Kier molecular flexibility index (Phi) is 16.0. The molecule has 2 atom stereocenters. The van der Waals surface area contributed by atoms with Gasteiger partial charge in [-0.1, -0.05) is 63.4 Å². The lowest BCUT2D eigenvalue weighted by atomic mass is 9.90. The number of ketones is 1. The van der Waals surface area contributed by atoms with E-state index >= 15 is 0 Å². The molecule has 49 heavy (non-hydrogen) atoms. The number of carbonyl (C=O) groups is 5. The predicted molar refractivity (Wildman–Crippen MR) is 182 cm³/mol. The second-order valence-corrected chi connectivity index (χ2v) is 11.4. The number of hydroxylamine groups is 2. The first-order valence-electron chi connectivity index (χ1n) is 16.7. The molecule has 0 saturated heterocycles. The summed E-state index contributed by atoms with van der Waals surface area (Å²) in [4.78, 5) is 68.7. The highest BCUT2D eigenvalue weighted by Crippen LogP contribution is 2.29. The van der Waals surface area contributed by atoms with Crippen LogP contribution in [-0.2, 0) is 30.6 Å². The molecule has 264 valence electrons. The zero-order valence-corrected chi connectivity index (χ0v) is 28.7. The summed E-state index contributed by atoms with van der Waals surface area (Å²) in [5.74, 6) is -1.43. The number of carbonyl (C=O) groups excluding carboxylic acids is 5. The van der Waals surface area contributed by atoms with Crippen LogP contribution in [0.5, 0.6) is 5.75 Å². The number of hydrogen-bond donors (Lipinski definition) is 2. The van der Waals surface area contributed by atoms with Gasteiger partial charge in [-0.3, -0.25) is 28.8 Å². The van der Waals surface area contributed by atoms with Crippen LogP contribution < -0.4 is 15.4 Å². The van der Waals surface area contributed by atoms with Gasteiger partial charge in [-0.15, -0.1) is 0 Å². The molecule has 1 aromatic heterocycles. The average Bonchev–Trinajstić information content (AvgIpc) is 3.62. The second-order valence-electron chi connectivity index (χ2n) is 11.4. The van der Waals surface area contributed by atoms with Crippen molar-refractivity contribution in [1.82, 2.24) is 15.7 Å².